The van der Waals surface area contributed by atoms with Gasteiger partial charge in [-0.15, -0.1) is 0 Å². The lowest BCUT2D eigenvalue weighted by Gasteiger charge is -2.03. The molecule has 0 aliphatic heterocycles. The van der Waals surface area contributed by atoms with Crippen molar-refractivity contribution in [2.75, 3.05) is 13.7 Å². The number of rotatable bonds is 32. The van der Waals surface area contributed by atoms with Crippen molar-refractivity contribution in [3.63, 3.8) is 0 Å². The van der Waals surface area contributed by atoms with Crippen LogP contribution in [-0.2, 0) is 19.1 Å². The third-order valence-corrected chi connectivity index (χ3v) is 7.98. The van der Waals surface area contributed by atoms with Crippen molar-refractivity contribution < 1.29 is 19.1 Å². The molecule has 0 saturated carbocycles. The molecule has 0 rings (SSSR count). The molecule has 44 heavy (non-hydrogen) atoms. The number of methoxy groups -OCH3 is 1. The maximum absolute atomic E-state index is 11.3. The highest BCUT2D eigenvalue weighted by Gasteiger charge is 2.01. The molecule has 0 aromatic rings. The summed E-state index contributed by atoms with van der Waals surface area (Å²) in [5.74, 6) is -0.0999. The van der Waals surface area contributed by atoms with Gasteiger partial charge in [-0.3, -0.25) is 9.59 Å². The maximum atomic E-state index is 11.3. The molecular formula is C40H76O4. The Morgan fingerprint density at radius 2 is 0.727 bits per heavy atom. The van der Waals surface area contributed by atoms with Crippen LogP contribution < -0.4 is 0 Å². The number of ether oxygens (including phenoxy) is 2. The minimum atomic E-state index is -0.0763. The molecule has 4 nitrogen and oxygen atoms in total. The van der Waals surface area contributed by atoms with Gasteiger partial charge >= 0.3 is 11.9 Å². The van der Waals surface area contributed by atoms with E-state index >= 15 is 0 Å². The van der Waals surface area contributed by atoms with Crippen molar-refractivity contribution in [2.24, 2.45) is 0 Å². The van der Waals surface area contributed by atoms with E-state index in [1.54, 1.807) is 0 Å². The molecule has 0 amide bonds. The monoisotopic (exact) mass is 621 g/mol. The molecule has 0 radical (unpaired) electrons. The van der Waals surface area contributed by atoms with E-state index < -0.39 is 0 Å². The van der Waals surface area contributed by atoms with Crippen molar-refractivity contribution in [2.45, 2.75) is 207 Å². The Bertz CT molecular complexity index is 625. The second kappa shape index (κ2) is 41.4. The quantitative estimate of drug-likeness (QED) is 0.0426. The van der Waals surface area contributed by atoms with E-state index in [0.717, 1.165) is 32.1 Å². The fraction of sp³-hybridized carbons (Fsp3) is 0.850. The smallest absolute Gasteiger partial charge is 0.305 e. The Morgan fingerprint density at radius 1 is 0.409 bits per heavy atom. The molecular weight excluding hydrogens is 544 g/mol. The number of esters is 2. The summed E-state index contributed by atoms with van der Waals surface area (Å²) < 4.78 is 9.68. The largest absolute Gasteiger partial charge is 0.469 e. The first kappa shape index (κ1) is 44.5. The van der Waals surface area contributed by atoms with Crippen molar-refractivity contribution in [3.05, 3.63) is 24.3 Å². The van der Waals surface area contributed by atoms with Gasteiger partial charge in [0.15, 0.2) is 0 Å². The Labute approximate surface area is 275 Å². The number of unbranched alkanes of at least 4 members (excludes halogenated alkanes) is 22. The molecule has 4 heteroatoms. The van der Waals surface area contributed by atoms with Crippen LogP contribution in [0.25, 0.3) is 0 Å². The highest BCUT2D eigenvalue weighted by molar-refractivity contribution is 5.69. The second-order valence-electron chi connectivity index (χ2n) is 12.5. The molecule has 0 aromatic carbocycles. The van der Waals surface area contributed by atoms with Crippen LogP contribution in [0.2, 0.25) is 0 Å². The van der Waals surface area contributed by atoms with Crippen LogP contribution in [0.15, 0.2) is 24.3 Å². The molecule has 0 aliphatic carbocycles. The topological polar surface area (TPSA) is 52.6 Å². The van der Waals surface area contributed by atoms with Gasteiger partial charge in [-0.2, -0.15) is 0 Å². The minimum Gasteiger partial charge on any atom is -0.469 e. The molecule has 0 aromatic heterocycles. The number of hydrogen-bond acceptors (Lipinski definition) is 4. The van der Waals surface area contributed by atoms with E-state index in [2.05, 4.69) is 42.9 Å². The van der Waals surface area contributed by atoms with Gasteiger partial charge in [0.25, 0.3) is 0 Å². The molecule has 0 aliphatic rings. The Kier molecular flexibility index (Phi) is 41.9. The van der Waals surface area contributed by atoms with Gasteiger partial charge in [-0.25, -0.2) is 0 Å². The average Bonchev–Trinajstić information content (AvgIpc) is 3.03. The molecule has 0 bridgehead atoms. The third kappa shape index (κ3) is 42.6. The normalized spacial score (nSPS) is 11.2. The fourth-order valence-electron chi connectivity index (χ4n) is 5.07. The van der Waals surface area contributed by atoms with Crippen molar-refractivity contribution in [3.8, 4) is 0 Å². The minimum absolute atomic E-state index is 0.0236. The van der Waals surface area contributed by atoms with Gasteiger partial charge in [-0.05, 0) is 70.6 Å². The Hall–Kier alpha value is -1.58. The van der Waals surface area contributed by atoms with E-state index in [1.165, 1.54) is 148 Å². The van der Waals surface area contributed by atoms with Crippen molar-refractivity contribution >= 4 is 11.9 Å². The van der Waals surface area contributed by atoms with E-state index in [1.807, 2.05) is 6.92 Å². The standard InChI is InChI=1S/C21H40O2.C19H36O2/c1-3-5-6-7-8-9-10-11-12-13-14-15-16-17-18-19-21(22)23-20-4-2;1-3-4-5-6-7-8-9-10-11-12-13-14-15-16-17-18-19(20)21-2/h11-12H,3-10,13-20H2,1-2H3;10-11H,3-9,12-18H2,1-2H3/b12-11-;11-10-. The van der Waals surface area contributed by atoms with E-state index in [0.29, 0.717) is 19.4 Å². The molecule has 0 heterocycles. The first-order chi connectivity index (χ1) is 21.6. The van der Waals surface area contributed by atoms with Crippen LogP contribution in [0, 0.1) is 0 Å². The molecule has 0 N–H and O–H groups in total. The lowest BCUT2D eigenvalue weighted by atomic mass is 10.1. The lowest BCUT2D eigenvalue weighted by Crippen LogP contribution is -2.04. The Morgan fingerprint density at radius 3 is 1.07 bits per heavy atom. The molecule has 0 fully saturated rings. The van der Waals surface area contributed by atoms with Gasteiger partial charge < -0.3 is 9.47 Å². The molecule has 260 valence electrons. The van der Waals surface area contributed by atoms with Gasteiger partial charge in [0.2, 0.25) is 0 Å². The summed E-state index contributed by atoms with van der Waals surface area (Å²) >= 11 is 0. The number of allylic oxidation sites excluding steroid dienone is 4. The predicted molar refractivity (Wildman–Crippen MR) is 192 cm³/mol. The summed E-state index contributed by atoms with van der Waals surface area (Å²) in [4.78, 5) is 22.2. The third-order valence-electron chi connectivity index (χ3n) is 7.98. The number of carbonyl (C=O) groups excluding carboxylic acids is 2. The summed E-state index contributed by atoms with van der Waals surface area (Å²) in [5.41, 5.74) is 0. The van der Waals surface area contributed by atoms with E-state index in [4.69, 9.17) is 4.74 Å². The number of hydrogen-bond donors (Lipinski definition) is 0. The summed E-state index contributed by atoms with van der Waals surface area (Å²) in [6.07, 6.45) is 44.9. The van der Waals surface area contributed by atoms with Crippen LogP contribution in [-0.4, -0.2) is 25.7 Å². The summed E-state index contributed by atoms with van der Waals surface area (Å²) in [6, 6.07) is 0. The lowest BCUT2D eigenvalue weighted by molar-refractivity contribution is -0.144. The molecule has 0 spiro atoms. The fourth-order valence-corrected chi connectivity index (χ4v) is 5.07. The summed E-state index contributed by atoms with van der Waals surface area (Å²) in [5, 5.41) is 0. The van der Waals surface area contributed by atoms with Gasteiger partial charge in [-0.1, -0.05) is 148 Å². The van der Waals surface area contributed by atoms with Crippen LogP contribution in [0.4, 0.5) is 0 Å². The van der Waals surface area contributed by atoms with Crippen molar-refractivity contribution in [1.29, 1.82) is 0 Å². The summed E-state index contributed by atoms with van der Waals surface area (Å²) in [6.45, 7) is 7.13. The maximum Gasteiger partial charge on any atom is 0.305 e. The highest BCUT2D eigenvalue weighted by atomic mass is 16.5. The molecule has 0 atom stereocenters. The van der Waals surface area contributed by atoms with Crippen molar-refractivity contribution in [1.82, 2.24) is 0 Å². The average molecular weight is 621 g/mol. The first-order valence-corrected chi connectivity index (χ1v) is 19.1. The highest BCUT2D eigenvalue weighted by Crippen LogP contribution is 2.12. The predicted octanol–water partition coefficient (Wildman–Crippen LogP) is 13.2. The molecule has 0 saturated heterocycles. The zero-order valence-electron chi connectivity index (χ0n) is 30.2. The van der Waals surface area contributed by atoms with Gasteiger partial charge in [0, 0.05) is 12.8 Å². The zero-order valence-corrected chi connectivity index (χ0v) is 30.2. The zero-order chi connectivity index (χ0) is 32.6. The van der Waals surface area contributed by atoms with E-state index in [-0.39, 0.29) is 11.9 Å². The van der Waals surface area contributed by atoms with Crippen LogP contribution in [0.5, 0.6) is 0 Å². The van der Waals surface area contributed by atoms with Gasteiger partial charge in [0.1, 0.15) is 0 Å². The van der Waals surface area contributed by atoms with E-state index in [9.17, 15) is 9.59 Å². The summed E-state index contributed by atoms with van der Waals surface area (Å²) in [7, 11) is 1.46. The first-order valence-electron chi connectivity index (χ1n) is 19.1. The Balaban J connectivity index is 0. The SMILES string of the molecule is CCCCCCCC/C=C\CCCCCCCC(=O)OC.CCCCCCCC/C=C\CCCCCCCC(=O)OCCC. The van der Waals surface area contributed by atoms with Crippen LogP contribution in [0.3, 0.4) is 0 Å². The van der Waals surface area contributed by atoms with Gasteiger partial charge in [0.05, 0.1) is 13.7 Å². The number of carbonyl (C=O) groups is 2. The molecule has 0 unspecified atom stereocenters. The second-order valence-corrected chi connectivity index (χ2v) is 12.5. The van der Waals surface area contributed by atoms with Crippen LogP contribution in [0.1, 0.15) is 207 Å². The van der Waals surface area contributed by atoms with Crippen LogP contribution >= 0.6 is 0 Å².